The average molecular weight is 310 g/mol. The number of carbonyl (C=O) groups excluding carboxylic acids is 1. The zero-order valence-electron chi connectivity index (χ0n) is 13.2. The fraction of sp³-hybridized carbons (Fsp3) is 0.353. The highest BCUT2D eigenvalue weighted by Gasteiger charge is 2.25. The SMILES string of the molecule is Cc1ccc(-c2cc(C(=O)N[C@@H]3CCN(C#N)C3)on2)cc1C. The molecule has 118 valence electrons. The molecular formula is C17H18N4O2. The Balaban J connectivity index is 1.70. The topological polar surface area (TPSA) is 82.2 Å². The van der Waals surface area contributed by atoms with E-state index in [0.29, 0.717) is 18.8 Å². The van der Waals surface area contributed by atoms with Crippen LogP contribution in [0.4, 0.5) is 0 Å². The van der Waals surface area contributed by atoms with E-state index in [1.54, 1.807) is 11.0 Å². The van der Waals surface area contributed by atoms with Crippen molar-refractivity contribution in [2.45, 2.75) is 26.3 Å². The first-order valence-electron chi connectivity index (χ1n) is 7.56. The molecule has 1 aromatic heterocycles. The molecule has 6 heteroatoms. The van der Waals surface area contributed by atoms with Gasteiger partial charge in [0, 0.05) is 30.8 Å². The zero-order valence-corrected chi connectivity index (χ0v) is 13.2. The number of aryl methyl sites for hydroxylation is 2. The lowest BCUT2D eigenvalue weighted by Crippen LogP contribution is -2.36. The van der Waals surface area contributed by atoms with Gasteiger partial charge in [-0.15, -0.1) is 0 Å². The second-order valence-electron chi connectivity index (χ2n) is 5.88. The van der Waals surface area contributed by atoms with Gasteiger partial charge in [-0.05, 0) is 37.5 Å². The Morgan fingerprint density at radius 3 is 2.91 bits per heavy atom. The van der Waals surface area contributed by atoms with Crippen molar-refractivity contribution in [1.29, 1.82) is 5.26 Å². The highest BCUT2D eigenvalue weighted by molar-refractivity contribution is 5.92. The van der Waals surface area contributed by atoms with Crippen molar-refractivity contribution in [3.05, 3.63) is 41.2 Å². The monoisotopic (exact) mass is 310 g/mol. The molecule has 1 aromatic carbocycles. The first kappa shape index (κ1) is 15.1. The van der Waals surface area contributed by atoms with E-state index >= 15 is 0 Å². The summed E-state index contributed by atoms with van der Waals surface area (Å²) in [6.45, 7) is 5.30. The average Bonchev–Trinajstić information content (AvgIpc) is 3.19. The molecule has 1 fully saturated rings. The van der Waals surface area contributed by atoms with Gasteiger partial charge in [0.15, 0.2) is 6.19 Å². The van der Waals surface area contributed by atoms with Crippen molar-refractivity contribution in [3.8, 4) is 17.5 Å². The zero-order chi connectivity index (χ0) is 16.4. The molecule has 0 radical (unpaired) electrons. The van der Waals surface area contributed by atoms with Gasteiger partial charge in [0.1, 0.15) is 5.69 Å². The lowest BCUT2D eigenvalue weighted by molar-refractivity contribution is 0.0901. The number of aromatic nitrogens is 1. The minimum atomic E-state index is -0.294. The molecule has 1 atom stereocenters. The standard InChI is InChI=1S/C17H18N4O2/c1-11-3-4-13(7-12(11)2)15-8-16(23-20-15)17(22)19-14-5-6-21(9-14)10-18/h3-4,7-8,14H,5-6,9H2,1-2H3,(H,19,22)/t14-/m1/s1. The maximum absolute atomic E-state index is 12.2. The van der Waals surface area contributed by atoms with Gasteiger partial charge in [-0.3, -0.25) is 4.79 Å². The molecule has 1 aliphatic rings. The number of amides is 1. The Bertz CT molecular complexity index is 775. The predicted octanol–water partition coefficient (Wildman–Crippen LogP) is 2.24. The van der Waals surface area contributed by atoms with Crippen LogP contribution in [0.25, 0.3) is 11.3 Å². The van der Waals surface area contributed by atoms with Crippen LogP contribution in [0.1, 0.15) is 28.1 Å². The molecule has 0 bridgehead atoms. The number of likely N-dealkylation sites (tertiary alicyclic amines) is 1. The summed E-state index contributed by atoms with van der Waals surface area (Å²) in [4.78, 5) is 13.8. The third-order valence-corrected chi connectivity index (χ3v) is 4.20. The minimum Gasteiger partial charge on any atom is -0.350 e. The van der Waals surface area contributed by atoms with Crippen LogP contribution in [0.15, 0.2) is 28.8 Å². The summed E-state index contributed by atoms with van der Waals surface area (Å²) in [7, 11) is 0. The van der Waals surface area contributed by atoms with Crippen molar-refractivity contribution in [2.75, 3.05) is 13.1 Å². The van der Waals surface area contributed by atoms with Crippen LogP contribution in [-0.2, 0) is 0 Å². The van der Waals surface area contributed by atoms with Crippen LogP contribution in [0.5, 0.6) is 0 Å². The molecule has 1 amide bonds. The van der Waals surface area contributed by atoms with Crippen LogP contribution >= 0.6 is 0 Å². The van der Waals surface area contributed by atoms with E-state index in [4.69, 9.17) is 9.78 Å². The molecule has 0 saturated carbocycles. The van der Waals surface area contributed by atoms with Crippen molar-refractivity contribution >= 4 is 5.91 Å². The number of hydrogen-bond acceptors (Lipinski definition) is 5. The van der Waals surface area contributed by atoms with Gasteiger partial charge < -0.3 is 14.7 Å². The van der Waals surface area contributed by atoms with Crippen molar-refractivity contribution in [1.82, 2.24) is 15.4 Å². The summed E-state index contributed by atoms with van der Waals surface area (Å²) in [5, 5.41) is 15.7. The number of carbonyl (C=O) groups is 1. The molecule has 0 aliphatic carbocycles. The van der Waals surface area contributed by atoms with Gasteiger partial charge in [-0.1, -0.05) is 17.3 Å². The first-order chi connectivity index (χ1) is 11.1. The molecule has 3 rings (SSSR count). The highest BCUT2D eigenvalue weighted by Crippen LogP contribution is 2.22. The Labute approximate surface area is 134 Å². The van der Waals surface area contributed by atoms with Crippen LogP contribution in [0, 0.1) is 25.3 Å². The largest absolute Gasteiger partial charge is 0.350 e. The molecule has 1 aliphatic heterocycles. The maximum atomic E-state index is 12.2. The number of nitriles is 1. The van der Waals surface area contributed by atoms with Gasteiger partial charge >= 0.3 is 0 Å². The van der Waals surface area contributed by atoms with E-state index in [1.807, 2.05) is 32.0 Å². The van der Waals surface area contributed by atoms with E-state index < -0.39 is 0 Å². The summed E-state index contributed by atoms with van der Waals surface area (Å²) < 4.78 is 5.17. The second-order valence-corrected chi connectivity index (χ2v) is 5.88. The molecule has 23 heavy (non-hydrogen) atoms. The fourth-order valence-electron chi connectivity index (χ4n) is 2.64. The number of nitrogens with one attached hydrogen (secondary N) is 1. The van der Waals surface area contributed by atoms with Crippen LogP contribution in [0.3, 0.4) is 0 Å². The molecular weight excluding hydrogens is 292 g/mol. The van der Waals surface area contributed by atoms with Crippen molar-refractivity contribution in [3.63, 3.8) is 0 Å². The Morgan fingerprint density at radius 1 is 1.39 bits per heavy atom. The second kappa shape index (κ2) is 6.13. The summed E-state index contributed by atoms with van der Waals surface area (Å²) in [6, 6.07) is 7.63. The van der Waals surface area contributed by atoms with Gasteiger partial charge in [0.05, 0.1) is 0 Å². The van der Waals surface area contributed by atoms with E-state index in [-0.39, 0.29) is 17.7 Å². The lowest BCUT2D eigenvalue weighted by atomic mass is 10.0. The fourth-order valence-corrected chi connectivity index (χ4v) is 2.64. The normalized spacial score (nSPS) is 17.1. The van der Waals surface area contributed by atoms with E-state index in [9.17, 15) is 4.79 Å². The first-order valence-corrected chi connectivity index (χ1v) is 7.56. The number of hydrogen-bond donors (Lipinski definition) is 1. The maximum Gasteiger partial charge on any atom is 0.290 e. The molecule has 2 aromatic rings. The number of nitrogens with zero attached hydrogens (tertiary/aromatic N) is 3. The number of rotatable bonds is 3. The van der Waals surface area contributed by atoms with Gasteiger partial charge in [-0.25, -0.2) is 0 Å². The summed E-state index contributed by atoms with van der Waals surface area (Å²) >= 11 is 0. The molecule has 1 saturated heterocycles. The predicted molar refractivity (Wildman–Crippen MR) is 84.5 cm³/mol. The van der Waals surface area contributed by atoms with Gasteiger partial charge in [-0.2, -0.15) is 5.26 Å². The van der Waals surface area contributed by atoms with Gasteiger partial charge in [0.25, 0.3) is 5.91 Å². The van der Waals surface area contributed by atoms with Crippen LogP contribution in [-0.4, -0.2) is 35.1 Å². The van der Waals surface area contributed by atoms with E-state index in [0.717, 1.165) is 12.0 Å². The lowest BCUT2D eigenvalue weighted by Gasteiger charge is -2.10. The Kier molecular flexibility index (Phi) is 4.02. The molecule has 6 nitrogen and oxygen atoms in total. The minimum absolute atomic E-state index is 0.0303. The van der Waals surface area contributed by atoms with Gasteiger partial charge in [0.2, 0.25) is 5.76 Å². The third kappa shape index (κ3) is 3.19. The Morgan fingerprint density at radius 2 is 2.22 bits per heavy atom. The van der Waals surface area contributed by atoms with Crippen LogP contribution < -0.4 is 5.32 Å². The number of benzene rings is 1. The smallest absolute Gasteiger partial charge is 0.290 e. The summed E-state index contributed by atoms with van der Waals surface area (Å²) in [6.07, 6.45) is 2.85. The third-order valence-electron chi connectivity index (χ3n) is 4.20. The molecule has 0 spiro atoms. The van der Waals surface area contributed by atoms with E-state index in [1.165, 1.54) is 11.1 Å². The highest BCUT2D eigenvalue weighted by atomic mass is 16.5. The quantitative estimate of drug-likeness (QED) is 0.879. The molecule has 2 heterocycles. The van der Waals surface area contributed by atoms with E-state index in [2.05, 4.69) is 16.7 Å². The van der Waals surface area contributed by atoms with Crippen molar-refractivity contribution in [2.24, 2.45) is 0 Å². The summed E-state index contributed by atoms with van der Waals surface area (Å²) in [5.41, 5.74) is 3.94. The van der Waals surface area contributed by atoms with Crippen LogP contribution in [0.2, 0.25) is 0 Å². The van der Waals surface area contributed by atoms with Crippen molar-refractivity contribution < 1.29 is 9.32 Å². The molecule has 0 unspecified atom stereocenters. The molecule has 1 N–H and O–H groups in total. The Hall–Kier alpha value is -2.81. The summed E-state index contributed by atoms with van der Waals surface area (Å²) in [5.74, 6) is -0.106.